The van der Waals surface area contributed by atoms with Crippen LogP contribution in [-0.2, 0) is 4.74 Å². The number of hydrogen-bond acceptors (Lipinski definition) is 3. The first-order valence-corrected chi connectivity index (χ1v) is 7.45. The van der Waals surface area contributed by atoms with Crippen LogP contribution in [0, 0.1) is 0 Å². The van der Waals surface area contributed by atoms with Crippen molar-refractivity contribution in [2.24, 2.45) is 0 Å². The van der Waals surface area contributed by atoms with Gasteiger partial charge in [-0.05, 0) is 37.9 Å². The van der Waals surface area contributed by atoms with Gasteiger partial charge in [0.05, 0.1) is 26.4 Å². The van der Waals surface area contributed by atoms with Gasteiger partial charge in [-0.15, -0.1) is 22.9 Å². The maximum atomic E-state index is 11.7. The van der Waals surface area contributed by atoms with Crippen molar-refractivity contribution in [1.82, 2.24) is 5.32 Å². The highest BCUT2D eigenvalue weighted by Crippen LogP contribution is 2.31. The topological polar surface area (TPSA) is 38.3 Å². The van der Waals surface area contributed by atoms with E-state index in [-0.39, 0.29) is 5.91 Å². The van der Waals surface area contributed by atoms with Crippen LogP contribution >= 0.6 is 54.8 Å². The van der Waals surface area contributed by atoms with Crippen LogP contribution in [0.3, 0.4) is 0 Å². The van der Waals surface area contributed by atoms with Crippen molar-refractivity contribution in [2.45, 2.75) is 0 Å². The standard InChI is InChI=1S/C9H10Br2ClNO2S/c10-7-5-6(8(11)16-7)9(14)13-2-4-15-3-1-12/h5H,1-4H2,(H,13,14). The number of hydrogen-bond donors (Lipinski definition) is 1. The Hall–Kier alpha value is 0.380. The molecule has 1 heterocycles. The fraction of sp³-hybridized carbons (Fsp3) is 0.444. The summed E-state index contributed by atoms with van der Waals surface area (Å²) >= 11 is 13.6. The van der Waals surface area contributed by atoms with E-state index >= 15 is 0 Å². The van der Waals surface area contributed by atoms with E-state index < -0.39 is 0 Å². The van der Waals surface area contributed by atoms with E-state index in [2.05, 4.69) is 37.2 Å². The first-order chi connectivity index (χ1) is 7.65. The molecule has 90 valence electrons. The normalized spacial score (nSPS) is 10.4. The minimum Gasteiger partial charge on any atom is -0.378 e. The Kier molecular flexibility index (Phi) is 6.91. The van der Waals surface area contributed by atoms with Gasteiger partial charge in [-0.2, -0.15) is 0 Å². The number of thiophene rings is 1. The molecule has 0 atom stereocenters. The van der Waals surface area contributed by atoms with Gasteiger partial charge in [-0.3, -0.25) is 4.79 Å². The number of amides is 1. The van der Waals surface area contributed by atoms with Crippen LogP contribution in [0.1, 0.15) is 10.4 Å². The second-order valence-electron chi connectivity index (χ2n) is 2.80. The third kappa shape index (κ3) is 4.71. The Bertz CT molecular complexity index is 359. The van der Waals surface area contributed by atoms with Gasteiger partial charge >= 0.3 is 0 Å². The molecular formula is C9H10Br2ClNO2S. The van der Waals surface area contributed by atoms with Crippen molar-refractivity contribution in [1.29, 1.82) is 0 Å². The van der Waals surface area contributed by atoms with E-state index in [9.17, 15) is 4.79 Å². The lowest BCUT2D eigenvalue weighted by Gasteiger charge is -2.04. The van der Waals surface area contributed by atoms with Gasteiger partial charge in [0.1, 0.15) is 0 Å². The highest BCUT2D eigenvalue weighted by atomic mass is 79.9. The zero-order valence-electron chi connectivity index (χ0n) is 8.26. The maximum absolute atomic E-state index is 11.7. The smallest absolute Gasteiger partial charge is 0.253 e. The lowest BCUT2D eigenvalue weighted by Crippen LogP contribution is -2.27. The molecular weight excluding hydrogens is 381 g/mol. The Morgan fingerprint density at radius 3 is 2.81 bits per heavy atom. The van der Waals surface area contributed by atoms with Gasteiger partial charge in [0.15, 0.2) is 0 Å². The molecule has 3 nitrogen and oxygen atoms in total. The molecule has 7 heteroatoms. The summed E-state index contributed by atoms with van der Waals surface area (Å²) in [6.45, 7) is 1.46. The fourth-order valence-electron chi connectivity index (χ4n) is 0.984. The minimum atomic E-state index is -0.108. The number of rotatable bonds is 6. The number of carbonyl (C=O) groups excluding carboxylic acids is 1. The van der Waals surface area contributed by atoms with Crippen LogP contribution in [0.25, 0.3) is 0 Å². The SMILES string of the molecule is O=C(NCCOCCCl)c1cc(Br)sc1Br. The molecule has 0 aromatic carbocycles. The van der Waals surface area contributed by atoms with Crippen LogP contribution in [0.4, 0.5) is 0 Å². The van der Waals surface area contributed by atoms with E-state index in [1.807, 2.05) is 0 Å². The summed E-state index contributed by atoms with van der Waals surface area (Å²) in [5.41, 5.74) is 0.634. The van der Waals surface area contributed by atoms with Gasteiger partial charge < -0.3 is 10.1 Å². The highest BCUT2D eigenvalue weighted by Gasteiger charge is 2.12. The third-order valence-corrected chi connectivity index (χ3v) is 4.15. The molecule has 0 saturated heterocycles. The molecule has 1 rings (SSSR count). The lowest BCUT2D eigenvalue weighted by molar-refractivity contribution is 0.0923. The summed E-state index contributed by atoms with van der Waals surface area (Å²) in [7, 11) is 0. The Balaban J connectivity index is 2.33. The van der Waals surface area contributed by atoms with E-state index in [0.29, 0.717) is 31.2 Å². The minimum absolute atomic E-state index is 0.108. The number of ether oxygens (including phenoxy) is 1. The van der Waals surface area contributed by atoms with E-state index in [0.717, 1.165) is 7.57 Å². The number of carbonyl (C=O) groups is 1. The first kappa shape index (κ1) is 14.4. The molecule has 1 N–H and O–H groups in total. The summed E-state index contributed by atoms with van der Waals surface area (Å²) in [4.78, 5) is 11.7. The van der Waals surface area contributed by atoms with Gasteiger partial charge in [0.2, 0.25) is 0 Å². The summed E-state index contributed by atoms with van der Waals surface area (Å²) in [5.74, 6) is 0.361. The summed E-state index contributed by atoms with van der Waals surface area (Å²) in [6, 6.07) is 1.78. The second kappa shape index (κ2) is 7.66. The monoisotopic (exact) mass is 389 g/mol. The van der Waals surface area contributed by atoms with Crippen LogP contribution in [0.2, 0.25) is 0 Å². The largest absolute Gasteiger partial charge is 0.378 e. The van der Waals surface area contributed by atoms with Crippen molar-refractivity contribution in [3.8, 4) is 0 Å². The Morgan fingerprint density at radius 1 is 1.50 bits per heavy atom. The lowest BCUT2D eigenvalue weighted by atomic mass is 10.3. The number of halogens is 3. The molecule has 1 aromatic rings. The molecule has 0 fully saturated rings. The van der Waals surface area contributed by atoms with Crippen LogP contribution in [0.15, 0.2) is 13.6 Å². The quantitative estimate of drug-likeness (QED) is 0.597. The van der Waals surface area contributed by atoms with E-state index in [1.54, 1.807) is 6.07 Å². The zero-order chi connectivity index (χ0) is 12.0. The van der Waals surface area contributed by atoms with Crippen molar-refractivity contribution in [3.63, 3.8) is 0 Å². The molecule has 1 aromatic heterocycles. The van der Waals surface area contributed by atoms with Gasteiger partial charge in [-0.1, -0.05) is 0 Å². The fourth-order valence-corrected chi connectivity index (χ4v) is 3.89. The molecule has 0 aliphatic rings. The molecule has 1 amide bonds. The molecule has 0 radical (unpaired) electrons. The number of alkyl halides is 1. The Labute approximate surface area is 120 Å². The van der Waals surface area contributed by atoms with Crippen molar-refractivity contribution < 1.29 is 9.53 Å². The Morgan fingerprint density at radius 2 is 2.25 bits per heavy atom. The van der Waals surface area contributed by atoms with Gasteiger partial charge in [-0.25, -0.2) is 0 Å². The molecule has 0 aliphatic heterocycles. The molecule has 0 bridgehead atoms. The zero-order valence-corrected chi connectivity index (χ0v) is 13.0. The summed E-state index contributed by atoms with van der Waals surface area (Å²) in [6.07, 6.45) is 0. The molecule has 0 aliphatic carbocycles. The second-order valence-corrected chi connectivity index (χ2v) is 6.92. The van der Waals surface area contributed by atoms with Gasteiger partial charge in [0.25, 0.3) is 5.91 Å². The van der Waals surface area contributed by atoms with Crippen LogP contribution in [-0.4, -0.2) is 31.5 Å². The number of nitrogens with one attached hydrogen (secondary N) is 1. The molecule has 16 heavy (non-hydrogen) atoms. The summed E-state index contributed by atoms with van der Waals surface area (Å²) < 4.78 is 6.88. The third-order valence-electron chi connectivity index (χ3n) is 1.65. The van der Waals surface area contributed by atoms with Crippen molar-refractivity contribution in [2.75, 3.05) is 25.6 Å². The molecule has 0 saturated carbocycles. The predicted molar refractivity (Wildman–Crippen MR) is 73.6 cm³/mol. The predicted octanol–water partition coefficient (Wildman–Crippen LogP) is 3.26. The first-order valence-electron chi connectivity index (χ1n) is 4.52. The van der Waals surface area contributed by atoms with Gasteiger partial charge in [0, 0.05) is 12.4 Å². The highest BCUT2D eigenvalue weighted by molar-refractivity contribution is 9.12. The summed E-state index contributed by atoms with van der Waals surface area (Å²) in [5, 5.41) is 2.76. The molecule has 0 unspecified atom stereocenters. The van der Waals surface area contributed by atoms with Crippen molar-refractivity contribution >= 4 is 60.7 Å². The molecule has 0 spiro atoms. The van der Waals surface area contributed by atoms with Crippen molar-refractivity contribution in [3.05, 3.63) is 19.2 Å². The maximum Gasteiger partial charge on any atom is 0.253 e. The van der Waals surface area contributed by atoms with E-state index in [1.165, 1.54) is 11.3 Å². The van der Waals surface area contributed by atoms with Crippen LogP contribution in [0.5, 0.6) is 0 Å². The average Bonchev–Trinajstić information content (AvgIpc) is 2.57. The van der Waals surface area contributed by atoms with Crippen LogP contribution < -0.4 is 5.32 Å². The van der Waals surface area contributed by atoms with E-state index in [4.69, 9.17) is 16.3 Å². The average molecular weight is 392 g/mol.